The number of hydrogen-bond acceptors (Lipinski definition) is 5. The molecule has 0 aromatic heterocycles. The fourth-order valence-corrected chi connectivity index (χ4v) is 3.14. The van der Waals surface area contributed by atoms with Gasteiger partial charge in [-0.3, -0.25) is 4.79 Å². The fourth-order valence-electron chi connectivity index (χ4n) is 2.63. The number of amides is 1. The summed E-state index contributed by atoms with van der Waals surface area (Å²) in [6.07, 6.45) is 2.79. The number of nitrogens with one attached hydrogen (secondary N) is 2. The molecule has 28 heavy (non-hydrogen) atoms. The SMILES string of the molecule is CCc1cccc(CC)c1NC(=O)/C(C#N)=C\Nc1ccc(S(N)(=O)=O)cc1. The highest BCUT2D eigenvalue weighted by molar-refractivity contribution is 7.89. The molecular formula is C20H22N4O3S. The van der Waals surface area contributed by atoms with Crippen molar-refractivity contribution in [3.63, 3.8) is 0 Å². The molecule has 0 aliphatic heterocycles. The van der Waals surface area contributed by atoms with Gasteiger partial charge in [-0.25, -0.2) is 13.6 Å². The molecule has 4 N–H and O–H groups in total. The number of sulfonamides is 1. The minimum Gasteiger partial charge on any atom is -0.360 e. The van der Waals surface area contributed by atoms with Crippen LogP contribution in [0.4, 0.5) is 11.4 Å². The number of nitrogens with two attached hydrogens (primary N) is 1. The van der Waals surface area contributed by atoms with Crippen molar-refractivity contribution < 1.29 is 13.2 Å². The van der Waals surface area contributed by atoms with Crippen LogP contribution in [0.15, 0.2) is 59.1 Å². The molecule has 0 radical (unpaired) electrons. The predicted molar refractivity (Wildman–Crippen MR) is 109 cm³/mol. The molecule has 0 bridgehead atoms. The van der Waals surface area contributed by atoms with Crippen molar-refractivity contribution in [1.82, 2.24) is 0 Å². The topological polar surface area (TPSA) is 125 Å². The van der Waals surface area contributed by atoms with Gasteiger partial charge in [0.1, 0.15) is 11.6 Å². The first-order valence-corrected chi connectivity index (χ1v) is 10.3. The maximum absolute atomic E-state index is 12.5. The zero-order chi connectivity index (χ0) is 20.7. The summed E-state index contributed by atoms with van der Waals surface area (Å²) in [5.41, 5.74) is 3.13. The number of nitriles is 1. The van der Waals surface area contributed by atoms with Gasteiger partial charge in [0.25, 0.3) is 5.91 Å². The minimum atomic E-state index is -3.78. The van der Waals surface area contributed by atoms with E-state index in [4.69, 9.17) is 5.14 Å². The van der Waals surface area contributed by atoms with Gasteiger partial charge in [0.2, 0.25) is 10.0 Å². The van der Waals surface area contributed by atoms with Crippen LogP contribution in [0.2, 0.25) is 0 Å². The van der Waals surface area contributed by atoms with Crippen LogP contribution >= 0.6 is 0 Å². The molecule has 0 unspecified atom stereocenters. The van der Waals surface area contributed by atoms with Gasteiger partial charge in [0.05, 0.1) is 4.90 Å². The van der Waals surface area contributed by atoms with Gasteiger partial charge in [-0.15, -0.1) is 0 Å². The molecule has 0 aliphatic rings. The van der Waals surface area contributed by atoms with Crippen molar-refractivity contribution >= 4 is 27.3 Å². The third-order valence-electron chi connectivity index (χ3n) is 4.17. The molecule has 0 fully saturated rings. The number of para-hydroxylation sites is 1. The summed E-state index contributed by atoms with van der Waals surface area (Å²) >= 11 is 0. The Hall–Kier alpha value is -3.15. The summed E-state index contributed by atoms with van der Waals surface area (Å²) in [7, 11) is -3.78. The maximum Gasteiger partial charge on any atom is 0.267 e. The highest BCUT2D eigenvalue weighted by Gasteiger charge is 2.14. The monoisotopic (exact) mass is 398 g/mol. The second kappa shape index (κ2) is 9.17. The van der Waals surface area contributed by atoms with E-state index >= 15 is 0 Å². The van der Waals surface area contributed by atoms with Crippen molar-refractivity contribution in [3.8, 4) is 6.07 Å². The van der Waals surface area contributed by atoms with Crippen LogP contribution in [0.3, 0.4) is 0 Å². The number of benzene rings is 2. The Bertz CT molecular complexity index is 1010. The lowest BCUT2D eigenvalue weighted by atomic mass is 10.0. The lowest BCUT2D eigenvalue weighted by Crippen LogP contribution is -2.17. The van der Waals surface area contributed by atoms with Gasteiger partial charge < -0.3 is 10.6 Å². The number of anilines is 2. The number of aryl methyl sites for hydroxylation is 2. The van der Waals surface area contributed by atoms with Crippen LogP contribution < -0.4 is 15.8 Å². The molecule has 2 rings (SSSR count). The molecule has 0 heterocycles. The lowest BCUT2D eigenvalue weighted by Gasteiger charge is -2.14. The highest BCUT2D eigenvalue weighted by atomic mass is 32.2. The van der Waals surface area contributed by atoms with Crippen LogP contribution in [-0.2, 0) is 27.7 Å². The van der Waals surface area contributed by atoms with Gasteiger partial charge in [-0.2, -0.15) is 5.26 Å². The maximum atomic E-state index is 12.5. The largest absolute Gasteiger partial charge is 0.360 e. The first-order valence-electron chi connectivity index (χ1n) is 8.71. The van der Waals surface area contributed by atoms with Crippen molar-refractivity contribution in [1.29, 1.82) is 5.26 Å². The molecule has 0 aliphatic carbocycles. The van der Waals surface area contributed by atoms with E-state index in [1.54, 1.807) is 0 Å². The van der Waals surface area contributed by atoms with Crippen molar-refractivity contribution in [2.24, 2.45) is 5.14 Å². The van der Waals surface area contributed by atoms with E-state index in [1.807, 2.05) is 38.1 Å². The van der Waals surface area contributed by atoms with Crippen LogP contribution in [-0.4, -0.2) is 14.3 Å². The van der Waals surface area contributed by atoms with Crippen LogP contribution in [0, 0.1) is 11.3 Å². The molecule has 7 nitrogen and oxygen atoms in total. The summed E-state index contributed by atoms with van der Waals surface area (Å²) in [4.78, 5) is 12.5. The molecule has 2 aromatic carbocycles. The van der Waals surface area contributed by atoms with Gasteiger partial charge in [0.15, 0.2) is 0 Å². The molecule has 2 aromatic rings. The zero-order valence-corrected chi connectivity index (χ0v) is 16.5. The summed E-state index contributed by atoms with van der Waals surface area (Å²) in [6.45, 7) is 4.00. The Labute approximate surface area is 164 Å². The zero-order valence-electron chi connectivity index (χ0n) is 15.7. The van der Waals surface area contributed by atoms with Crippen molar-refractivity contribution in [2.45, 2.75) is 31.6 Å². The van der Waals surface area contributed by atoms with Crippen molar-refractivity contribution in [3.05, 3.63) is 65.4 Å². The molecule has 0 saturated heterocycles. The smallest absolute Gasteiger partial charge is 0.267 e. The summed E-state index contributed by atoms with van der Waals surface area (Å²) in [6, 6.07) is 13.4. The number of nitrogens with zero attached hydrogens (tertiary/aromatic N) is 1. The summed E-state index contributed by atoms with van der Waals surface area (Å²) in [5.74, 6) is -0.522. The van der Waals surface area contributed by atoms with E-state index in [-0.39, 0.29) is 10.5 Å². The predicted octanol–water partition coefficient (Wildman–Crippen LogP) is 2.92. The standard InChI is InChI=1S/C20H22N4O3S/c1-3-14-6-5-7-15(4-2)19(14)24-20(25)16(12-21)13-23-17-8-10-18(11-9-17)28(22,26)27/h5-11,13,23H,3-4H2,1-2H3,(H,24,25)(H2,22,26,27)/b16-13-. The average Bonchev–Trinajstić information content (AvgIpc) is 2.68. The Morgan fingerprint density at radius 1 is 1.11 bits per heavy atom. The van der Waals surface area contributed by atoms with E-state index in [0.29, 0.717) is 5.69 Å². The van der Waals surface area contributed by atoms with E-state index in [1.165, 1.54) is 30.5 Å². The van der Waals surface area contributed by atoms with Crippen LogP contribution in [0.1, 0.15) is 25.0 Å². The van der Waals surface area contributed by atoms with E-state index in [9.17, 15) is 18.5 Å². The Morgan fingerprint density at radius 2 is 1.68 bits per heavy atom. The fraction of sp³-hybridized carbons (Fsp3) is 0.200. The normalized spacial score (nSPS) is 11.6. The molecule has 8 heteroatoms. The quantitative estimate of drug-likeness (QED) is 0.488. The van der Waals surface area contributed by atoms with E-state index in [2.05, 4.69) is 10.6 Å². The molecule has 0 atom stereocenters. The van der Waals surface area contributed by atoms with Gasteiger partial charge in [-0.1, -0.05) is 32.0 Å². The second-order valence-corrected chi connectivity index (χ2v) is 7.56. The van der Waals surface area contributed by atoms with Crippen molar-refractivity contribution in [2.75, 3.05) is 10.6 Å². The van der Waals surface area contributed by atoms with Gasteiger partial charge >= 0.3 is 0 Å². The number of rotatable bonds is 7. The van der Waals surface area contributed by atoms with E-state index in [0.717, 1.165) is 29.7 Å². The number of primary sulfonamides is 1. The highest BCUT2D eigenvalue weighted by Crippen LogP contribution is 2.23. The van der Waals surface area contributed by atoms with Gasteiger partial charge in [-0.05, 0) is 48.2 Å². The lowest BCUT2D eigenvalue weighted by molar-refractivity contribution is -0.112. The number of carbonyl (C=O) groups excluding carboxylic acids is 1. The summed E-state index contributed by atoms with van der Waals surface area (Å²) < 4.78 is 22.5. The van der Waals surface area contributed by atoms with Crippen LogP contribution in [0.5, 0.6) is 0 Å². The van der Waals surface area contributed by atoms with Gasteiger partial charge in [0, 0.05) is 17.6 Å². The Morgan fingerprint density at radius 3 is 2.14 bits per heavy atom. The second-order valence-electron chi connectivity index (χ2n) is 6.00. The third-order valence-corrected chi connectivity index (χ3v) is 5.10. The first-order chi connectivity index (χ1) is 13.3. The summed E-state index contributed by atoms with van der Waals surface area (Å²) in [5, 5.41) is 20.0. The first kappa shape index (κ1) is 21.2. The number of hydrogen-bond donors (Lipinski definition) is 3. The van der Waals surface area contributed by atoms with Crippen LogP contribution in [0.25, 0.3) is 0 Å². The molecule has 0 saturated carbocycles. The molecular weight excluding hydrogens is 376 g/mol. The van der Waals surface area contributed by atoms with E-state index < -0.39 is 15.9 Å². The minimum absolute atomic E-state index is 0.0245. The number of carbonyl (C=O) groups is 1. The average molecular weight is 398 g/mol. The molecule has 1 amide bonds. The molecule has 0 spiro atoms. The Kier molecular flexibility index (Phi) is 6.93. The molecule has 146 valence electrons. The third kappa shape index (κ3) is 5.19. The Balaban J connectivity index is 2.19.